The van der Waals surface area contributed by atoms with E-state index in [4.69, 9.17) is 9.84 Å². The zero-order valence-electron chi connectivity index (χ0n) is 7.09. The van der Waals surface area contributed by atoms with Crippen LogP contribution < -0.4 is 0 Å². The summed E-state index contributed by atoms with van der Waals surface area (Å²) in [4.78, 5) is 11.2. The van der Waals surface area contributed by atoms with Gasteiger partial charge in [0.15, 0.2) is 0 Å². The minimum atomic E-state index is -0.736. The third kappa shape index (κ3) is 3.74. The molecule has 0 radical (unpaired) electrons. The normalized spacial score (nSPS) is 11.6. The lowest BCUT2D eigenvalue weighted by molar-refractivity contribution is -0.127. The Morgan fingerprint density at radius 2 is 2.18 bits per heavy atom. The average molecular weight is 178 g/mol. The van der Waals surface area contributed by atoms with Crippen LogP contribution in [0, 0.1) is 0 Å². The van der Waals surface area contributed by atoms with E-state index in [2.05, 4.69) is 0 Å². The molecule has 1 N–H and O–H groups in total. The van der Waals surface area contributed by atoms with Crippen LogP contribution in [0.25, 0.3) is 0 Å². The van der Waals surface area contributed by atoms with Crippen LogP contribution in [0.2, 0.25) is 0 Å². The van der Waals surface area contributed by atoms with Gasteiger partial charge in [0, 0.05) is 12.9 Å². The number of aliphatic hydroxyl groups is 1. The molecule has 0 spiro atoms. The van der Waals surface area contributed by atoms with Gasteiger partial charge in [0.2, 0.25) is 5.12 Å². The number of hydrogen-bond acceptors (Lipinski definition) is 4. The average Bonchev–Trinajstić information content (AvgIpc) is 2.00. The molecule has 0 rings (SSSR count). The molecular formula is C7H14O3S. The summed E-state index contributed by atoms with van der Waals surface area (Å²) in [6.07, 6.45) is 0. The van der Waals surface area contributed by atoms with E-state index in [0.717, 1.165) is 11.8 Å². The molecule has 0 aromatic rings. The first-order chi connectivity index (χ1) is 5.04. The second-order valence-corrected chi connectivity index (χ2v) is 3.64. The van der Waals surface area contributed by atoms with Crippen LogP contribution in [-0.2, 0) is 9.53 Å². The highest BCUT2D eigenvalue weighted by atomic mass is 32.2. The Morgan fingerprint density at radius 3 is 2.55 bits per heavy atom. The first-order valence-electron chi connectivity index (χ1n) is 3.38. The van der Waals surface area contributed by atoms with Crippen LogP contribution in [0.3, 0.4) is 0 Å². The van der Waals surface area contributed by atoms with Crippen molar-refractivity contribution >= 4 is 16.9 Å². The van der Waals surface area contributed by atoms with Gasteiger partial charge in [0.25, 0.3) is 0 Å². The molecule has 3 nitrogen and oxygen atoms in total. The second-order valence-electron chi connectivity index (χ2n) is 2.57. The van der Waals surface area contributed by atoms with E-state index in [1.165, 1.54) is 7.11 Å². The van der Waals surface area contributed by atoms with Gasteiger partial charge in [-0.25, -0.2) is 0 Å². The third-order valence-electron chi connectivity index (χ3n) is 1.33. The highest BCUT2D eigenvalue weighted by molar-refractivity contribution is 8.13. The minimum absolute atomic E-state index is 0.0240. The van der Waals surface area contributed by atoms with Crippen LogP contribution >= 0.6 is 11.8 Å². The number of rotatable bonds is 4. The van der Waals surface area contributed by atoms with Gasteiger partial charge in [-0.1, -0.05) is 11.8 Å². The molecule has 0 saturated heterocycles. The smallest absolute Gasteiger partial charge is 0.220 e. The van der Waals surface area contributed by atoms with Crippen molar-refractivity contribution < 1.29 is 14.6 Å². The molecule has 0 aliphatic rings. The quantitative estimate of drug-likeness (QED) is 0.687. The van der Waals surface area contributed by atoms with Gasteiger partial charge in [0.05, 0.1) is 6.61 Å². The standard InChI is InChI=1S/C7H14O3S/c1-7(2,10-3)6(9)11-5-4-8/h8H,4-5H2,1-3H3. The maximum atomic E-state index is 11.2. The Morgan fingerprint density at radius 1 is 1.64 bits per heavy atom. The zero-order valence-corrected chi connectivity index (χ0v) is 7.90. The van der Waals surface area contributed by atoms with E-state index in [9.17, 15) is 4.79 Å². The lowest BCUT2D eigenvalue weighted by Crippen LogP contribution is -2.31. The van der Waals surface area contributed by atoms with E-state index < -0.39 is 5.60 Å². The number of carbonyl (C=O) groups excluding carboxylic acids is 1. The van der Waals surface area contributed by atoms with Gasteiger partial charge in [0.1, 0.15) is 5.60 Å². The summed E-state index contributed by atoms with van der Waals surface area (Å²) in [5.41, 5.74) is -0.736. The molecule has 0 fully saturated rings. The van der Waals surface area contributed by atoms with Crippen molar-refractivity contribution in [3.8, 4) is 0 Å². The summed E-state index contributed by atoms with van der Waals surface area (Å²) in [7, 11) is 1.50. The Kier molecular flexibility index (Phi) is 4.72. The topological polar surface area (TPSA) is 46.5 Å². The van der Waals surface area contributed by atoms with Crippen molar-refractivity contribution in [2.45, 2.75) is 19.4 Å². The van der Waals surface area contributed by atoms with Crippen molar-refractivity contribution in [1.82, 2.24) is 0 Å². The van der Waals surface area contributed by atoms with Crippen LogP contribution in [0.1, 0.15) is 13.8 Å². The number of aliphatic hydroxyl groups excluding tert-OH is 1. The molecule has 0 heterocycles. The highest BCUT2D eigenvalue weighted by Crippen LogP contribution is 2.17. The molecule has 4 heteroatoms. The zero-order chi connectivity index (χ0) is 8.91. The fourth-order valence-corrected chi connectivity index (χ4v) is 1.10. The summed E-state index contributed by atoms with van der Waals surface area (Å²) in [6, 6.07) is 0. The van der Waals surface area contributed by atoms with Crippen molar-refractivity contribution in [3.05, 3.63) is 0 Å². The molecule has 0 atom stereocenters. The SMILES string of the molecule is COC(C)(C)C(=O)SCCO. The number of thioether (sulfide) groups is 1. The van der Waals surface area contributed by atoms with E-state index in [1.54, 1.807) is 13.8 Å². The van der Waals surface area contributed by atoms with Gasteiger partial charge < -0.3 is 9.84 Å². The van der Waals surface area contributed by atoms with Gasteiger partial charge >= 0.3 is 0 Å². The fraction of sp³-hybridized carbons (Fsp3) is 0.857. The summed E-state index contributed by atoms with van der Waals surface area (Å²) in [6.45, 7) is 3.44. The third-order valence-corrected chi connectivity index (χ3v) is 2.47. The predicted molar refractivity (Wildman–Crippen MR) is 45.6 cm³/mol. The van der Waals surface area contributed by atoms with E-state index in [1.807, 2.05) is 0 Å². The van der Waals surface area contributed by atoms with Crippen molar-refractivity contribution in [2.75, 3.05) is 19.5 Å². The fourth-order valence-electron chi connectivity index (χ4n) is 0.395. The number of hydrogen-bond donors (Lipinski definition) is 1. The molecule has 0 bridgehead atoms. The summed E-state index contributed by atoms with van der Waals surface area (Å²) in [5, 5.41) is 8.39. The number of carbonyl (C=O) groups is 1. The molecular weight excluding hydrogens is 164 g/mol. The summed E-state index contributed by atoms with van der Waals surface area (Å²) >= 11 is 1.09. The number of methoxy groups -OCH3 is 1. The van der Waals surface area contributed by atoms with Gasteiger partial charge in [-0.2, -0.15) is 0 Å². The lowest BCUT2D eigenvalue weighted by Gasteiger charge is -2.19. The van der Waals surface area contributed by atoms with Crippen LogP contribution in [-0.4, -0.2) is 35.3 Å². The largest absolute Gasteiger partial charge is 0.396 e. The highest BCUT2D eigenvalue weighted by Gasteiger charge is 2.26. The van der Waals surface area contributed by atoms with Crippen molar-refractivity contribution in [2.24, 2.45) is 0 Å². The molecule has 66 valence electrons. The van der Waals surface area contributed by atoms with E-state index in [-0.39, 0.29) is 11.7 Å². The Bertz CT molecular complexity index is 134. The first-order valence-corrected chi connectivity index (χ1v) is 4.36. The lowest BCUT2D eigenvalue weighted by atomic mass is 10.2. The second kappa shape index (κ2) is 4.74. The Hall–Kier alpha value is -0.0600. The van der Waals surface area contributed by atoms with Crippen LogP contribution in [0.15, 0.2) is 0 Å². The summed E-state index contributed by atoms with van der Waals surface area (Å²) in [5.74, 6) is 0.436. The maximum Gasteiger partial charge on any atom is 0.220 e. The van der Waals surface area contributed by atoms with Crippen molar-refractivity contribution in [1.29, 1.82) is 0 Å². The van der Waals surface area contributed by atoms with Crippen LogP contribution in [0.4, 0.5) is 0 Å². The number of ether oxygens (including phenoxy) is 1. The molecule has 11 heavy (non-hydrogen) atoms. The molecule has 0 aliphatic heterocycles. The predicted octanol–water partition coefficient (Wildman–Crippen LogP) is 0.663. The van der Waals surface area contributed by atoms with E-state index in [0.29, 0.717) is 5.75 Å². The molecule has 0 amide bonds. The molecule has 0 aliphatic carbocycles. The first kappa shape index (κ1) is 10.9. The Balaban J connectivity index is 3.82. The van der Waals surface area contributed by atoms with Gasteiger partial charge in [-0.15, -0.1) is 0 Å². The minimum Gasteiger partial charge on any atom is -0.396 e. The maximum absolute atomic E-state index is 11.2. The van der Waals surface area contributed by atoms with Crippen LogP contribution in [0.5, 0.6) is 0 Å². The monoisotopic (exact) mass is 178 g/mol. The van der Waals surface area contributed by atoms with Gasteiger partial charge in [-0.05, 0) is 13.8 Å². The van der Waals surface area contributed by atoms with Gasteiger partial charge in [-0.3, -0.25) is 4.79 Å². The molecule has 0 unspecified atom stereocenters. The Labute approximate surface area is 71.1 Å². The molecule has 0 saturated carbocycles. The summed E-state index contributed by atoms with van der Waals surface area (Å²) < 4.78 is 4.94. The molecule has 0 aromatic heterocycles. The molecule has 0 aromatic carbocycles. The van der Waals surface area contributed by atoms with E-state index >= 15 is 0 Å². The van der Waals surface area contributed by atoms with Crippen molar-refractivity contribution in [3.63, 3.8) is 0 Å².